The van der Waals surface area contributed by atoms with E-state index in [9.17, 15) is 17.4 Å². The summed E-state index contributed by atoms with van der Waals surface area (Å²) in [7, 11) is -3.10. The number of halogens is 3. The van der Waals surface area contributed by atoms with E-state index in [4.69, 9.17) is 0 Å². The number of hydrogen-bond donors (Lipinski definition) is 0. The summed E-state index contributed by atoms with van der Waals surface area (Å²) in [6, 6.07) is 8.08. The minimum absolute atomic E-state index is 0.408. The Kier molecular flexibility index (Phi) is 3.31. The molecule has 0 fully saturated rings. The summed E-state index contributed by atoms with van der Waals surface area (Å²) >= 11 is 0. The lowest BCUT2D eigenvalue weighted by Crippen LogP contribution is -2.13. The summed E-state index contributed by atoms with van der Waals surface area (Å²) in [4.78, 5) is 0. The second-order valence-corrected chi connectivity index (χ2v) is 3.51. The van der Waals surface area contributed by atoms with Gasteiger partial charge in [0, 0.05) is 10.8 Å². The van der Waals surface area contributed by atoms with Crippen molar-refractivity contribution in [3.05, 3.63) is 35.9 Å². The van der Waals surface area contributed by atoms with Gasteiger partial charge in [-0.25, -0.2) is 4.21 Å². The number of hydrogen-bond acceptors (Lipinski definition) is 1. The van der Waals surface area contributed by atoms with Gasteiger partial charge in [0.05, 0.1) is 0 Å². The quantitative estimate of drug-likeness (QED) is 0.610. The van der Waals surface area contributed by atoms with Gasteiger partial charge >= 0.3 is 5.51 Å². The molecule has 0 N–H and O–H groups in total. The smallest absolute Gasteiger partial charge is 0.236 e. The van der Waals surface area contributed by atoms with Gasteiger partial charge in [-0.1, -0.05) is 24.1 Å². The second kappa shape index (κ2) is 4.29. The van der Waals surface area contributed by atoms with Crippen molar-refractivity contribution in [3.63, 3.8) is 0 Å². The summed E-state index contributed by atoms with van der Waals surface area (Å²) in [5.41, 5.74) is -4.35. The third-order valence-electron chi connectivity index (χ3n) is 1.27. The van der Waals surface area contributed by atoms with Gasteiger partial charge < -0.3 is 0 Å². The Labute approximate surface area is 81.4 Å². The average Bonchev–Trinajstić information content (AvgIpc) is 2.14. The van der Waals surface area contributed by atoms with Crippen LogP contribution >= 0.6 is 0 Å². The normalized spacial score (nSPS) is 12.8. The van der Waals surface area contributed by atoms with Gasteiger partial charge in [0.1, 0.15) is 0 Å². The number of rotatable bonds is 0. The Hall–Kier alpha value is -1.28. The lowest BCUT2D eigenvalue weighted by atomic mass is 10.2. The van der Waals surface area contributed by atoms with Crippen LogP contribution in [0.3, 0.4) is 0 Å². The van der Waals surface area contributed by atoms with Gasteiger partial charge in [0.15, 0.2) is 0 Å². The van der Waals surface area contributed by atoms with Crippen LogP contribution in [0.1, 0.15) is 5.56 Å². The summed E-state index contributed by atoms with van der Waals surface area (Å²) in [5.74, 6) is 2.18. The maximum absolute atomic E-state index is 11.7. The first kappa shape index (κ1) is 10.8. The van der Waals surface area contributed by atoms with Gasteiger partial charge in [0.25, 0.3) is 0 Å². The molecule has 0 aliphatic rings. The second-order valence-electron chi connectivity index (χ2n) is 2.31. The minimum atomic E-state index is -4.76. The van der Waals surface area contributed by atoms with E-state index < -0.39 is 16.3 Å². The predicted molar refractivity (Wildman–Crippen MR) is 47.5 cm³/mol. The molecule has 74 valence electrons. The topological polar surface area (TPSA) is 17.1 Å². The van der Waals surface area contributed by atoms with Crippen molar-refractivity contribution in [2.24, 2.45) is 0 Å². The molecule has 0 radical (unpaired) electrons. The molecule has 0 saturated carbocycles. The number of benzene rings is 1. The molecular weight excluding hydrogens is 213 g/mol. The molecule has 1 aromatic rings. The fraction of sp³-hybridized carbons (Fsp3) is 0.111. The Morgan fingerprint density at radius 2 is 1.71 bits per heavy atom. The molecule has 0 spiro atoms. The molecule has 14 heavy (non-hydrogen) atoms. The van der Waals surface area contributed by atoms with E-state index in [-0.39, 0.29) is 0 Å². The highest BCUT2D eigenvalue weighted by molar-refractivity contribution is 7.90. The third kappa shape index (κ3) is 3.23. The summed E-state index contributed by atoms with van der Waals surface area (Å²) in [5, 5.41) is 1.64. The summed E-state index contributed by atoms with van der Waals surface area (Å²) in [6.45, 7) is 0. The van der Waals surface area contributed by atoms with Crippen LogP contribution in [0.5, 0.6) is 0 Å². The molecule has 0 bridgehead atoms. The monoisotopic (exact) mass is 218 g/mol. The van der Waals surface area contributed by atoms with Crippen molar-refractivity contribution >= 4 is 10.8 Å². The first-order valence-corrected chi connectivity index (χ1v) is 4.70. The Morgan fingerprint density at radius 1 is 1.14 bits per heavy atom. The van der Waals surface area contributed by atoms with E-state index in [1.54, 1.807) is 35.6 Å². The lowest BCUT2D eigenvalue weighted by molar-refractivity contribution is -0.0371. The van der Waals surface area contributed by atoms with Crippen LogP contribution in [0, 0.1) is 11.2 Å². The van der Waals surface area contributed by atoms with Crippen LogP contribution in [-0.2, 0) is 10.8 Å². The van der Waals surface area contributed by atoms with E-state index in [2.05, 4.69) is 5.92 Å². The zero-order valence-electron chi connectivity index (χ0n) is 6.84. The van der Waals surface area contributed by atoms with Crippen LogP contribution < -0.4 is 0 Å². The Balaban J connectivity index is 2.80. The highest BCUT2D eigenvalue weighted by Gasteiger charge is 2.35. The van der Waals surface area contributed by atoms with Crippen molar-refractivity contribution in [3.8, 4) is 11.2 Å². The largest absolute Gasteiger partial charge is 0.483 e. The summed E-state index contributed by atoms with van der Waals surface area (Å²) < 4.78 is 45.7. The molecule has 1 unspecified atom stereocenters. The fourth-order valence-corrected chi connectivity index (χ4v) is 1.01. The highest BCUT2D eigenvalue weighted by Crippen LogP contribution is 2.19. The molecule has 1 aromatic carbocycles. The van der Waals surface area contributed by atoms with Gasteiger partial charge in [-0.2, -0.15) is 13.2 Å². The zero-order valence-corrected chi connectivity index (χ0v) is 7.65. The van der Waals surface area contributed by atoms with Crippen molar-refractivity contribution in [1.29, 1.82) is 0 Å². The molecule has 0 saturated heterocycles. The highest BCUT2D eigenvalue weighted by atomic mass is 32.2. The molecule has 1 nitrogen and oxygen atoms in total. The van der Waals surface area contributed by atoms with Crippen LogP contribution in [-0.4, -0.2) is 9.72 Å². The van der Waals surface area contributed by atoms with Crippen molar-refractivity contribution in [1.82, 2.24) is 0 Å². The van der Waals surface area contributed by atoms with Crippen LogP contribution in [0.2, 0.25) is 0 Å². The van der Waals surface area contributed by atoms with Crippen LogP contribution in [0.4, 0.5) is 13.2 Å². The first-order valence-electron chi connectivity index (χ1n) is 3.55. The van der Waals surface area contributed by atoms with Gasteiger partial charge in [-0.15, -0.1) is 0 Å². The van der Waals surface area contributed by atoms with Crippen molar-refractivity contribution in [2.45, 2.75) is 5.51 Å². The maximum atomic E-state index is 11.7. The average molecular weight is 218 g/mol. The van der Waals surface area contributed by atoms with E-state index >= 15 is 0 Å². The molecule has 0 heterocycles. The molecule has 5 heteroatoms. The zero-order chi connectivity index (χ0) is 10.6. The minimum Gasteiger partial charge on any atom is -0.236 e. The van der Waals surface area contributed by atoms with E-state index in [0.717, 1.165) is 0 Å². The van der Waals surface area contributed by atoms with Crippen LogP contribution in [0.15, 0.2) is 30.3 Å². The van der Waals surface area contributed by atoms with Gasteiger partial charge in [-0.3, -0.25) is 0 Å². The molecule has 1 rings (SSSR count). The van der Waals surface area contributed by atoms with Crippen molar-refractivity contribution in [2.75, 3.05) is 0 Å². The molecule has 0 aliphatic carbocycles. The van der Waals surface area contributed by atoms with E-state index in [1.165, 1.54) is 0 Å². The van der Waals surface area contributed by atoms with E-state index in [1.807, 2.05) is 0 Å². The predicted octanol–water partition coefficient (Wildman–Crippen LogP) is 2.26. The van der Waals surface area contributed by atoms with Gasteiger partial charge in [0.2, 0.25) is 10.8 Å². The van der Waals surface area contributed by atoms with Crippen LogP contribution in [0.25, 0.3) is 0 Å². The molecule has 0 aromatic heterocycles. The fourth-order valence-electron chi connectivity index (χ4n) is 0.685. The van der Waals surface area contributed by atoms with E-state index in [0.29, 0.717) is 5.56 Å². The SMILES string of the molecule is O=S(C#Cc1ccccc1)C(F)(F)F. The third-order valence-corrected chi connectivity index (χ3v) is 1.98. The Morgan fingerprint density at radius 3 is 2.21 bits per heavy atom. The first-order chi connectivity index (χ1) is 6.50. The number of alkyl halides is 3. The Bertz CT molecular complexity index is 386. The standard InChI is InChI=1S/C9H5F3OS/c10-9(11,12)14(13)7-6-8-4-2-1-3-5-8/h1-5H. The molecular formula is C9H5F3OS. The molecule has 0 amide bonds. The lowest BCUT2D eigenvalue weighted by Gasteiger charge is -1.97. The molecule has 1 atom stereocenters. The summed E-state index contributed by atoms with van der Waals surface area (Å²) in [6.07, 6.45) is 0. The van der Waals surface area contributed by atoms with Crippen molar-refractivity contribution < 1.29 is 17.4 Å². The maximum Gasteiger partial charge on any atom is 0.483 e. The molecule has 0 aliphatic heterocycles. The van der Waals surface area contributed by atoms with Gasteiger partial charge in [-0.05, 0) is 12.1 Å².